The molecule has 8 nitrogen and oxygen atoms in total. The Morgan fingerprint density at radius 1 is 1.36 bits per heavy atom. The first-order valence-corrected chi connectivity index (χ1v) is 8.50. The Morgan fingerprint density at radius 3 is 3.04 bits per heavy atom. The second-order valence-electron chi connectivity index (χ2n) is 6.57. The Labute approximate surface area is 146 Å². The van der Waals surface area contributed by atoms with Crippen molar-refractivity contribution in [3.8, 4) is 0 Å². The van der Waals surface area contributed by atoms with Gasteiger partial charge in [0.25, 0.3) is 0 Å². The van der Waals surface area contributed by atoms with Crippen molar-refractivity contribution in [2.45, 2.75) is 26.3 Å². The zero-order valence-corrected chi connectivity index (χ0v) is 14.5. The monoisotopic (exact) mass is 338 g/mol. The first-order valence-electron chi connectivity index (χ1n) is 8.50. The van der Waals surface area contributed by atoms with Crippen molar-refractivity contribution in [2.75, 3.05) is 30.3 Å². The predicted molar refractivity (Wildman–Crippen MR) is 96.7 cm³/mol. The molecule has 0 aliphatic carbocycles. The zero-order valence-electron chi connectivity index (χ0n) is 14.5. The highest BCUT2D eigenvalue weighted by Gasteiger charge is 2.18. The predicted octanol–water partition coefficient (Wildman–Crippen LogP) is 0.799. The molecule has 0 radical (unpaired) electrons. The number of anilines is 2. The van der Waals surface area contributed by atoms with E-state index in [1.807, 2.05) is 6.20 Å². The van der Waals surface area contributed by atoms with E-state index >= 15 is 0 Å². The first kappa shape index (κ1) is 15.8. The van der Waals surface area contributed by atoms with Gasteiger partial charge in [-0.1, -0.05) is 6.07 Å². The van der Waals surface area contributed by atoms with E-state index < -0.39 is 0 Å². The summed E-state index contributed by atoms with van der Waals surface area (Å²) in [6, 6.07) is 2.64. The average molecular weight is 338 g/mol. The third-order valence-electron chi connectivity index (χ3n) is 4.46. The van der Waals surface area contributed by atoms with Crippen molar-refractivity contribution < 1.29 is 0 Å². The summed E-state index contributed by atoms with van der Waals surface area (Å²) in [6.45, 7) is 7.25. The Hall–Kier alpha value is -2.74. The van der Waals surface area contributed by atoms with E-state index in [-0.39, 0.29) is 0 Å². The largest absolute Gasteiger partial charge is 0.380 e. The highest BCUT2D eigenvalue weighted by molar-refractivity contribution is 5.58. The lowest BCUT2D eigenvalue weighted by molar-refractivity contribution is 0.482. The summed E-state index contributed by atoms with van der Waals surface area (Å²) in [5, 5.41) is 7.92. The Balaban J connectivity index is 1.57. The summed E-state index contributed by atoms with van der Waals surface area (Å²) in [5.41, 5.74) is 8.78. The molecule has 0 spiro atoms. The normalized spacial score (nSPS) is 18.0. The molecule has 1 aliphatic rings. The summed E-state index contributed by atoms with van der Waals surface area (Å²) < 4.78 is 1.66. The number of nitrogens with two attached hydrogens (primary N) is 1. The van der Waals surface area contributed by atoms with E-state index in [0.717, 1.165) is 31.0 Å². The number of aryl methyl sites for hydroxylation is 1. The van der Waals surface area contributed by atoms with Crippen molar-refractivity contribution in [2.24, 2.45) is 0 Å². The third kappa shape index (κ3) is 3.12. The average Bonchev–Trinajstić information content (AvgIpc) is 3.04. The topological polar surface area (TPSA) is 97.3 Å². The minimum atomic E-state index is 0.395. The molecule has 3 aromatic heterocycles. The van der Waals surface area contributed by atoms with Gasteiger partial charge in [0.2, 0.25) is 0 Å². The molecular formula is C17H22N8. The number of rotatable bonds is 3. The summed E-state index contributed by atoms with van der Waals surface area (Å²) in [7, 11) is 0. The summed E-state index contributed by atoms with van der Waals surface area (Å²) in [4.78, 5) is 15.5. The molecule has 1 atom stereocenters. The maximum absolute atomic E-state index is 5.96. The van der Waals surface area contributed by atoms with E-state index in [2.05, 4.69) is 45.2 Å². The molecule has 4 heterocycles. The third-order valence-corrected chi connectivity index (χ3v) is 4.46. The molecule has 1 saturated heterocycles. The van der Waals surface area contributed by atoms with Crippen LogP contribution in [0.1, 0.15) is 23.9 Å². The van der Waals surface area contributed by atoms with Crippen LogP contribution in [-0.2, 0) is 6.42 Å². The van der Waals surface area contributed by atoms with Gasteiger partial charge in [-0.2, -0.15) is 5.10 Å². The molecule has 0 bridgehead atoms. The van der Waals surface area contributed by atoms with Gasteiger partial charge in [0.05, 0.1) is 0 Å². The molecule has 1 fully saturated rings. The quantitative estimate of drug-likeness (QED) is 0.729. The van der Waals surface area contributed by atoms with E-state index in [1.54, 1.807) is 16.9 Å². The molecule has 3 N–H and O–H groups in total. The van der Waals surface area contributed by atoms with Crippen LogP contribution in [0, 0.1) is 6.92 Å². The van der Waals surface area contributed by atoms with Gasteiger partial charge in [-0.3, -0.25) is 0 Å². The van der Waals surface area contributed by atoms with Crippen molar-refractivity contribution >= 4 is 17.3 Å². The van der Waals surface area contributed by atoms with Crippen LogP contribution < -0.4 is 16.0 Å². The molecular weight excluding hydrogens is 316 g/mol. The lowest BCUT2D eigenvalue weighted by Gasteiger charge is -2.33. The number of pyridine rings is 1. The van der Waals surface area contributed by atoms with Gasteiger partial charge in [0.1, 0.15) is 5.82 Å². The van der Waals surface area contributed by atoms with Gasteiger partial charge in [-0.25, -0.2) is 19.5 Å². The van der Waals surface area contributed by atoms with E-state index in [1.165, 1.54) is 5.56 Å². The van der Waals surface area contributed by atoms with E-state index in [9.17, 15) is 0 Å². The number of nitrogens with zero attached hydrogens (tertiary/aromatic N) is 6. The lowest BCUT2D eigenvalue weighted by Crippen LogP contribution is -2.49. The molecule has 3 aromatic rings. The van der Waals surface area contributed by atoms with E-state index in [4.69, 9.17) is 10.7 Å². The maximum Gasteiger partial charge on any atom is 0.196 e. The molecule has 0 amide bonds. The molecule has 0 saturated carbocycles. The number of hydrogen-bond acceptors (Lipinski definition) is 7. The van der Waals surface area contributed by atoms with Gasteiger partial charge in [0.15, 0.2) is 17.3 Å². The summed E-state index contributed by atoms with van der Waals surface area (Å²) in [5.74, 6) is 2.11. The van der Waals surface area contributed by atoms with Gasteiger partial charge in [-0.15, -0.1) is 0 Å². The van der Waals surface area contributed by atoms with Gasteiger partial charge in [0, 0.05) is 50.7 Å². The van der Waals surface area contributed by atoms with Crippen molar-refractivity contribution in [1.82, 2.24) is 29.9 Å². The maximum atomic E-state index is 5.96. The summed E-state index contributed by atoms with van der Waals surface area (Å²) >= 11 is 0. The molecule has 1 aliphatic heterocycles. The fourth-order valence-electron chi connectivity index (χ4n) is 3.33. The zero-order chi connectivity index (χ0) is 17.4. The number of imidazole rings is 1. The van der Waals surface area contributed by atoms with Crippen LogP contribution in [0.25, 0.3) is 5.65 Å². The van der Waals surface area contributed by atoms with Crippen LogP contribution >= 0.6 is 0 Å². The van der Waals surface area contributed by atoms with Crippen LogP contribution in [0.4, 0.5) is 11.6 Å². The Morgan fingerprint density at radius 2 is 2.24 bits per heavy atom. The SMILES string of the molecule is Cc1cc(Cc2nc(N)c3nccn3n2)cnc1N1CCNC(C)C1. The van der Waals surface area contributed by atoms with Crippen molar-refractivity contribution in [1.29, 1.82) is 0 Å². The first-order chi connectivity index (χ1) is 12.1. The fraction of sp³-hybridized carbons (Fsp3) is 0.412. The highest BCUT2D eigenvalue weighted by atomic mass is 15.3. The van der Waals surface area contributed by atoms with Crippen LogP contribution in [0.5, 0.6) is 0 Å². The van der Waals surface area contributed by atoms with Crippen LogP contribution in [-0.4, -0.2) is 50.2 Å². The molecule has 1 unspecified atom stereocenters. The standard InChI is InChI=1S/C17H22N8/c1-11-7-13(9-21-16(11)24-5-3-19-12(2)10-24)8-14-22-15(18)17-20-4-6-25(17)23-14/h4,6-7,9,12,19H,3,5,8,10H2,1-2H3,(H2,18,22,23). The smallest absolute Gasteiger partial charge is 0.196 e. The number of piperazine rings is 1. The fourth-order valence-corrected chi connectivity index (χ4v) is 3.33. The van der Waals surface area contributed by atoms with Crippen molar-refractivity contribution in [3.05, 3.63) is 41.6 Å². The number of hydrogen-bond donors (Lipinski definition) is 2. The number of fused-ring (bicyclic) bond motifs is 1. The van der Waals surface area contributed by atoms with Gasteiger partial charge >= 0.3 is 0 Å². The van der Waals surface area contributed by atoms with E-state index in [0.29, 0.717) is 29.8 Å². The molecule has 0 aromatic carbocycles. The second-order valence-corrected chi connectivity index (χ2v) is 6.57. The van der Waals surface area contributed by atoms with Crippen molar-refractivity contribution in [3.63, 3.8) is 0 Å². The molecule has 8 heteroatoms. The lowest BCUT2D eigenvalue weighted by atomic mass is 10.1. The molecule has 4 rings (SSSR count). The van der Waals surface area contributed by atoms with Gasteiger partial charge < -0.3 is 16.0 Å². The van der Waals surface area contributed by atoms with Crippen LogP contribution in [0.2, 0.25) is 0 Å². The Bertz CT molecular complexity index is 903. The van der Waals surface area contributed by atoms with Crippen LogP contribution in [0.15, 0.2) is 24.7 Å². The number of nitrogen functional groups attached to an aromatic ring is 1. The minimum Gasteiger partial charge on any atom is -0.380 e. The highest BCUT2D eigenvalue weighted by Crippen LogP contribution is 2.20. The van der Waals surface area contributed by atoms with Gasteiger partial charge in [-0.05, 0) is 25.0 Å². The molecule has 130 valence electrons. The molecule has 25 heavy (non-hydrogen) atoms. The minimum absolute atomic E-state index is 0.395. The second kappa shape index (κ2) is 6.29. The summed E-state index contributed by atoms with van der Waals surface area (Å²) in [6.07, 6.45) is 5.94. The Kier molecular flexibility index (Phi) is 3.96. The number of nitrogens with one attached hydrogen (secondary N) is 1. The van der Waals surface area contributed by atoms with Crippen LogP contribution in [0.3, 0.4) is 0 Å². The number of aromatic nitrogens is 5.